The van der Waals surface area contributed by atoms with Gasteiger partial charge in [0, 0.05) is 18.6 Å². The topological polar surface area (TPSA) is 32.8 Å². The molecule has 3 unspecified atom stereocenters. The van der Waals surface area contributed by atoms with Crippen molar-refractivity contribution in [2.75, 3.05) is 33.3 Å². The molecule has 104 valence electrons. The van der Waals surface area contributed by atoms with Crippen LogP contribution in [-0.2, 0) is 9.53 Å². The van der Waals surface area contributed by atoms with E-state index >= 15 is 0 Å². The number of rotatable bonds is 3. The van der Waals surface area contributed by atoms with Crippen LogP contribution in [0.15, 0.2) is 0 Å². The molecule has 0 aromatic carbocycles. The van der Waals surface area contributed by atoms with E-state index in [0.29, 0.717) is 6.04 Å². The smallest absolute Gasteiger partial charge is 0.309 e. The highest BCUT2D eigenvalue weighted by molar-refractivity contribution is 5.72. The van der Waals surface area contributed by atoms with Crippen molar-refractivity contribution in [1.29, 1.82) is 0 Å². The number of ether oxygens (including phenoxy) is 1. The average Bonchev–Trinajstić information content (AvgIpc) is 2.73. The van der Waals surface area contributed by atoms with Gasteiger partial charge in [0.05, 0.1) is 13.0 Å². The van der Waals surface area contributed by atoms with Gasteiger partial charge in [-0.1, -0.05) is 6.92 Å². The third kappa shape index (κ3) is 2.86. The summed E-state index contributed by atoms with van der Waals surface area (Å²) in [5, 5.41) is 0. The maximum atomic E-state index is 11.7. The first-order valence-electron chi connectivity index (χ1n) is 7.19. The average molecular weight is 254 g/mol. The van der Waals surface area contributed by atoms with Gasteiger partial charge in [0.25, 0.3) is 0 Å². The van der Waals surface area contributed by atoms with Crippen molar-refractivity contribution in [1.82, 2.24) is 9.80 Å². The summed E-state index contributed by atoms with van der Waals surface area (Å²) in [5.41, 5.74) is 0. The molecule has 0 bridgehead atoms. The zero-order valence-corrected chi connectivity index (χ0v) is 11.9. The van der Waals surface area contributed by atoms with E-state index in [0.717, 1.165) is 13.1 Å². The summed E-state index contributed by atoms with van der Waals surface area (Å²) < 4.78 is 4.87. The van der Waals surface area contributed by atoms with Gasteiger partial charge in [-0.05, 0) is 45.8 Å². The van der Waals surface area contributed by atoms with E-state index in [1.54, 1.807) is 0 Å². The maximum Gasteiger partial charge on any atom is 0.309 e. The van der Waals surface area contributed by atoms with E-state index in [1.807, 2.05) is 6.92 Å². The van der Waals surface area contributed by atoms with Gasteiger partial charge in [-0.25, -0.2) is 0 Å². The van der Waals surface area contributed by atoms with E-state index in [1.165, 1.54) is 39.5 Å². The molecular formula is C14H26N2O2. The molecule has 0 amide bonds. The number of carbonyl (C=O) groups excluding carboxylic acids is 1. The van der Waals surface area contributed by atoms with Crippen molar-refractivity contribution in [2.24, 2.45) is 5.92 Å². The number of hydrogen-bond acceptors (Lipinski definition) is 4. The lowest BCUT2D eigenvalue weighted by Crippen LogP contribution is -2.45. The molecule has 4 heteroatoms. The first-order valence-corrected chi connectivity index (χ1v) is 7.19. The molecule has 0 aromatic heterocycles. The fourth-order valence-electron chi connectivity index (χ4n) is 3.30. The van der Waals surface area contributed by atoms with Crippen LogP contribution in [0.5, 0.6) is 0 Å². The molecule has 0 radical (unpaired) electrons. The van der Waals surface area contributed by atoms with Crippen molar-refractivity contribution in [3.63, 3.8) is 0 Å². The first kappa shape index (κ1) is 13.8. The number of methoxy groups -OCH3 is 1. The quantitative estimate of drug-likeness (QED) is 0.712. The Balaban J connectivity index is 1.96. The van der Waals surface area contributed by atoms with E-state index < -0.39 is 0 Å². The van der Waals surface area contributed by atoms with Gasteiger partial charge in [0.15, 0.2) is 0 Å². The minimum atomic E-state index is -0.0879. The molecule has 0 saturated carbocycles. The van der Waals surface area contributed by atoms with Crippen molar-refractivity contribution in [3.8, 4) is 0 Å². The lowest BCUT2D eigenvalue weighted by Gasteiger charge is -2.33. The minimum absolute atomic E-state index is 0.0389. The summed E-state index contributed by atoms with van der Waals surface area (Å²) in [4.78, 5) is 16.8. The molecule has 3 atom stereocenters. The molecule has 2 rings (SSSR count). The third-order valence-corrected chi connectivity index (χ3v) is 4.71. The molecule has 0 aliphatic carbocycles. The molecule has 2 aliphatic heterocycles. The summed E-state index contributed by atoms with van der Waals surface area (Å²) in [6.07, 6.45) is 3.87. The van der Waals surface area contributed by atoms with E-state index in [9.17, 15) is 4.79 Å². The maximum absolute atomic E-state index is 11.7. The van der Waals surface area contributed by atoms with Gasteiger partial charge >= 0.3 is 5.97 Å². The van der Waals surface area contributed by atoms with Gasteiger partial charge in [-0.2, -0.15) is 0 Å². The van der Waals surface area contributed by atoms with Crippen LogP contribution in [0.3, 0.4) is 0 Å². The SMILES string of the molecule is COC(=O)C(C)C(C)N1CCCN2CCCC2C1. The molecule has 2 heterocycles. The van der Waals surface area contributed by atoms with Crippen LogP contribution in [0.25, 0.3) is 0 Å². The molecule has 2 fully saturated rings. The Bertz CT molecular complexity index is 296. The molecule has 18 heavy (non-hydrogen) atoms. The molecule has 2 aliphatic rings. The number of nitrogens with zero attached hydrogens (tertiary/aromatic N) is 2. The highest BCUT2D eigenvalue weighted by atomic mass is 16.5. The van der Waals surface area contributed by atoms with Crippen LogP contribution in [-0.4, -0.2) is 61.1 Å². The number of carbonyl (C=O) groups is 1. The summed E-state index contributed by atoms with van der Waals surface area (Å²) in [5.74, 6) is -0.127. The predicted octanol–water partition coefficient (Wildman–Crippen LogP) is 1.35. The monoisotopic (exact) mass is 254 g/mol. The third-order valence-electron chi connectivity index (χ3n) is 4.71. The fourth-order valence-corrected chi connectivity index (χ4v) is 3.30. The Morgan fingerprint density at radius 3 is 2.67 bits per heavy atom. The molecule has 4 nitrogen and oxygen atoms in total. The van der Waals surface area contributed by atoms with Gasteiger partial charge in [-0.15, -0.1) is 0 Å². The van der Waals surface area contributed by atoms with Gasteiger partial charge in [0.1, 0.15) is 0 Å². The minimum Gasteiger partial charge on any atom is -0.469 e. The Labute approximate surface area is 110 Å². The molecule has 0 spiro atoms. The normalized spacial score (nSPS) is 29.4. The molecule has 0 aromatic rings. The first-order chi connectivity index (χ1) is 8.63. The Kier molecular flexibility index (Phi) is 4.62. The lowest BCUT2D eigenvalue weighted by atomic mass is 10.0. The molecular weight excluding hydrogens is 228 g/mol. The zero-order valence-electron chi connectivity index (χ0n) is 11.9. The fraction of sp³-hybridized carbons (Fsp3) is 0.929. The summed E-state index contributed by atoms with van der Waals surface area (Å²) in [6.45, 7) is 8.85. The Morgan fingerprint density at radius 2 is 1.94 bits per heavy atom. The second-order valence-electron chi connectivity index (χ2n) is 5.73. The highest BCUT2D eigenvalue weighted by Crippen LogP contribution is 2.24. The van der Waals surface area contributed by atoms with Crippen LogP contribution in [0.4, 0.5) is 0 Å². The summed E-state index contributed by atoms with van der Waals surface area (Å²) >= 11 is 0. The molecule has 2 saturated heterocycles. The van der Waals surface area contributed by atoms with E-state index in [-0.39, 0.29) is 17.9 Å². The van der Waals surface area contributed by atoms with Crippen molar-refractivity contribution < 1.29 is 9.53 Å². The van der Waals surface area contributed by atoms with E-state index in [4.69, 9.17) is 4.74 Å². The summed E-state index contributed by atoms with van der Waals surface area (Å²) in [7, 11) is 1.48. The molecule has 0 N–H and O–H groups in total. The second-order valence-corrected chi connectivity index (χ2v) is 5.73. The predicted molar refractivity (Wildman–Crippen MR) is 71.4 cm³/mol. The van der Waals surface area contributed by atoms with Crippen molar-refractivity contribution in [3.05, 3.63) is 0 Å². The van der Waals surface area contributed by atoms with Crippen LogP contribution in [0, 0.1) is 5.92 Å². The lowest BCUT2D eigenvalue weighted by molar-refractivity contribution is -0.147. The van der Waals surface area contributed by atoms with Crippen LogP contribution >= 0.6 is 0 Å². The van der Waals surface area contributed by atoms with E-state index in [2.05, 4.69) is 16.7 Å². The van der Waals surface area contributed by atoms with Crippen molar-refractivity contribution >= 4 is 5.97 Å². The van der Waals surface area contributed by atoms with Gasteiger partial charge in [-0.3, -0.25) is 14.6 Å². The van der Waals surface area contributed by atoms with Crippen LogP contribution < -0.4 is 0 Å². The standard InChI is InChI=1S/C14H26N2O2/c1-11(14(17)18-3)12(2)16-9-5-8-15-7-4-6-13(15)10-16/h11-13H,4-10H2,1-3H3. The number of hydrogen-bond donors (Lipinski definition) is 0. The number of esters is 1. The Morgan fingerprint density at radius 1 is 1.22 bits per heavy atom. The van der Waals surface area contributed by atoms with Crippen molar-refractivity contribution in [2.45, 2.75) is 45.2 Å². The highest BCUT2D eigenvalue weighted by Gasteiger charge is 2.33. The summed E-state index contributed by atoms with van der Waals surface area (Å²) in [6, 6.07) is 0.984. The zero-order chi connectivity index (χ0) is 13.1. The second kappa shape index (κ2) is 6.02. The largest absolute Gasteiger partial charge is 0.469 e. The van der Waals surface area contributed by atoms with Gasteiger partial charge in [0.2, 0.25) is 0 Å². The van der Waals surface area contributed by atoms with Crippen LogP contribution in [0.2, 0.25) is 0 Å². The number of fused-ring (bicyclic) bond motifs is 1. The van der Waals surface area contributed by atoms with Crippen LogP contribution in [0.1, 0.15) is 33.1 Å². The van der Waals surface area contributed by atoms with Gasteiger partial charge < -0.3 is 4.74 Å². The Hall–Kier alpha value is -0.610.